The Morgan fingerprint density at radius 1 is 1.21 bits per heavy atom. The van der Waals surface area contributed by atoms with Crippen LogP contribution in [0.2, 0.25) is 5.02 Å². The molecule has 0 amide bonds. The first-order valence-electron chi connectivity index (χ1n) is 7.30. The van der Waals surface area contributed by atoms with Gasteiger partial charge in [-0.05, 0) is 76.5 Å². The Labute approximate surface area is 122 Å². The third-order valence-corrected chi connectivity index (χ3v) is 3.97. The maximum absolute atomic E-state index is 5.96. The molecular formula is C16H25ClN2. The van der Waals surface area contributed by atoms with Gasteiger partial charge in [-0.1, -0.05) is 23.7 Å². The lowest BCUT2D eigenvalue weighted by atomic mass is 10.0. The van der Waals surface area contributed by atoms with Gasteiger partial charge in [-0.15, -0.1) is 0 Å². The smallest absolute Gasteiger partial charge is 0.0406 e. The lowest BCUT2D eigenvalue weighted by molar-refractivity contribution is 0.384. The van der Waals surface area contributed by atoms with Gasteiger partial charge in [0.2, 0.25) is 0 Å². The fourth-order valence-corrected chi connectivity index (χ4v) is 2.59. The molecule has 0 bridgehead atoms. The van der Waals surface area contributed by atoms with Crippen molar-refractivity contribution in [3.8, 4) is 0 Å². The zero-order chi connectivity index (χ0) is 13.7. The van der Waals surface area contributed by atoms with E-state index >= 15 is 0 Å². The molecule has 1 aromatic rings. The minimum atomic E-state index is 0.525. The molecule has 0 aromatic heterocycles. The third kappa shape index (κ3) is 5.13. The normalized spacial score (nSPS) is 16.8. The van der Waals surface area contributed by atoms with Gasteiger partial charge in [0, 0.05) is 11.1 Å². The highest BCUT2D eigenvalue weighted by molar-refractivity contribution is 6.30. The summed E-state index contributed by atoms with van der Waals surface area (Å²) in [5.41, 5.74) is 1.39. The second kappa shape index (κ2) is 7.28. The molecule has 0 spiro atoms. The fraction of sp³-hybridized carbons (Fsp3) is 0.625. The van der Waals surface area contributed by atoms with Crippen molar-refractivity contribution in [2.24, 2.45) is 5.92 Å². The van der Waals surface area contributed by atoms with Crippen molar-refractivity contribution in [2.45, 2.75) is 31.7 Å². The van der Waals surface area contributed by atoms with E-state index in [4.69, 9.17) is 11.6 Å². The summed E-state index contributed by atoms with van der Waals surface area (Å²) in [5, 5.41) is 4.55. The van der Waals surface area contributed by atoms with E-state index in [2.05, 4.69) is 36.4 Å². The minimum absolute atomic E-state index is 0.525. The number of nitrogens with zero attached hydrogens (tertiary/aromatic N) is 1. The highest BCUT2D eigenvalue weighted by Gasteiger charge is 2.31. The number of rotatable bonds is 8. The Bertz CT molecular complexity index is 371. The topological polar surface area (TPSA) is 15.3 Å². The molecule has 1 aliphatic rings. The van der Waals surface area contributed by atoms with E-state index < -0.39 is 0 Å². The number of hydrogen-bond donors (Lipinski definition) is 1. The highest BCUT2D eigenvalue weighted by Crippen LogP contribution is 2.41. The molecule has 2 rings (SSSR count). The van der Waals surface area contributed by atoms with Crippen molar-refractivity contribution in [1.82, 2.24) is 10.2 Å². The van der Waals surface area contributed by atoms with Crippen LogP contribution in [0.25, 0.3) is 0 Å². The molecule has 1 aliphatic carbocycles. The zero-order valence-electron chi connectivity index (χ0n) is 12.0. The zero-order valence-corrected chi connectivity index (χ0v) is 12.8. The van der Waals surface area contributed by atoms with Gasteiger partial charge in [-0.25, -0.2) is 0 Å². The van der Waals surface area contributed by atoms with Gasteiger partial charge in [-0.2, -0.15) is 0 Å². The van der Waals surface area contributed by atoms with Gasteiger partial charge in [0.25, 0.3) is 0 Å². The van der Waals surface area contributed by atoms with Crippen molar-refractivity contribution in [1.29, 1.82) is 0 Å². The first-order chi connectivity index (χ1) is 9.16. The molecule has 1 atom stereocenters. The highest BCUT2D eigenvalue weighted by atomic mass is 35.5. The van der Waals surface area contributed by atoms with Crippen molar-refractivity contribution in [2.75, 3.05) is 27.2 Å². The quantitative estimate of drug-likeness (QED) is 0.730. The van der Waals surface area contributed by atoms with Crippen LogP contribution in [-0.4, -0.2) is 32.1 Å². The molecule has 0 aliphatic heterocycles. The van der Waals surface area contributed by atoms with Gasteiger partial charge in [0.05, 0.1) is 0 Å². The molecule has 1 aromatic carbocycles. The first kappa shape index (κ1) is 14.8. The Morgan fingerprint density at radius 2 is 1.89 bits per heavy atom. The standard InChI is InChI=1S/C16H25ClN2/c1-19(2)12-4-3-11-18-16(13-5-6-13)14-7-9-15(17)10-8-14/h7-10,13,16,18H,3-6,11-12H2,1-2H3. The molecule has 19 heavy (non-hydrogen) atoms. The van der Waals surface area contributed by atoms with Gasteiger partial charge >= 0.3 is 0 Å². The van der Waals surface area contributed by atoms with Crippen molar-refractivity contribution in [3.05, 3.63) is 34.9 Å². The predicted molar refractivity (Wildman–Crippen MR) is 82.7 cm³/mol. The van der Waals surface area contributed by atoms with Crippen LogP contribution in [0, 0.1) is 5.92 Å². The molecule has 3 heteroatoms. The number of hydrogen-bond acceptors (Lipinski definition) is 2. The van der Waals surface area contributed by atoms with Crippen LogP contribution in [0.4, 0.5) is 0 Å². The molecule has 0 radical (unpaired) electrons. The van der Waals surface area contributed by atoms with Gasteiger partial charge in [0.1, 0.15) is 0 Å². The van der Waals surface area contributed by atoms with Crippen LogP contribution >= 0.6 is 11.6 Å². The van der Waals surface area contributed by atoms with E-state index in [1.54, 1.807) is 0 Å². The average molecular weight is 281 g/mol. The summed E-state index contributed by atoms with van der Waals surface area (Å²) in [7, 11) is 4.27. The van der Waals surface area contributed by atoms with Crippen LogP contribution in [0.1, 0.15) is 37.3 Å². The summed E-state index contributed by atoms with van der Waals surface area (Å²) in [4.78, 5) is 2.25. The lowest BCUT2D eigenvalue weighted by Gasteiger charge is -2.19. The Morgan fingerprint density at radius 3 is 2.47 bits per heavy atom. The van der Waals surface area contributed by atoms with Crippen LogP contribution < -0.4 is 5.32 Å². The van der Waals surface area contributed by atoms with E-state index in [1.165, 1.54) is 37.8 Å². The maximum atomic E-state index is 5.96. The van der Waals surface area contributed by atoms with Crippen LogP contribution in [0.3, 0.4) is 0 Å². The number of halogens is 1. The molecule has 1 saturated carbocycles. The summed E-state index contributed by atoms with van der Waals surface area (Å²) in [5.74, 6) is 0.829. The van der Waals surface area contributed by atoms with Crippen molar-refractivity contribution >= 4 is 11.6 Å². The largest absolute Gasteiger partial charge is 0.310 e. The van der Waals surface area contributed by atoms with Crippen molar-refractivity contribution < 1.29 is 0 Å². The Hall–Kier alpha value is -0.570. The monoisotopic (exact) mass is 280 g/mol. The number of benzene rings is 1. The molecule has 106 valence electrons. The summed E-state index contributed by atoms with van der Waals surface area (Å²) in [6.07, 6.45) is 5.23. The van der Waals surface area contributed by atoms with E-state index in [0.717, 1.165) is 17.5 Å². The van der Waals surface area contributed by atoms with E-state index in [1.807, 2.05) is 12.1 Å². The summed E-state index contributed by atoms with van der Waals surface area (Å²) in [6.45, 7) is 2.29. The fourth-order valence-electron chi connectivity index (χ4n) is 2.47. The molecule has 1 fully saturated rings. The third-order valence-electron chi connectivity index (χ3n) is 3.72. The first-order valence-corrected chi connectivity index (χ1v) is 7.68. The minimum Gasteiger partial charge on any atom is -0.310 e. The van der Waals surface area contributed by atoms with E-state index in [0.29, 0.717) is 6.04 Å². The van der Waals surface area contributed by atoms with Gasteiger partial charge < -0.3 is 10.2 Å². The molecular weight excluding hydrogens is 256 g/mol. The summed E-state index contributed by atoms with van der Waals surface area (Å²) >= 11 is 5.96. The number of nitrogens with one attached hydrogen (secondary N) is 1. The van der Waals surface area contributed by atoms with Crippen LogP contribution in [-0.2, 0) is 0 Å². The number of unbranched alkanes of at least 4 members (excludes halogenated alkanes) is 1. The summed E-state index contributed by atoms with van der Waals surface area (Å²) < 4.78 is 0. The van der Waals surface area contributed by atoms with Gasteiger partial charge in [0.15, 0.2) is 0 Å². The Kier molecular flexibility index (Phi) is 5.68. The molecule has 1 unspecified atom stereocenters. The Balaban J connectivity index is 1.78. The molecule has 2 nitrogen and oxygen atoms in total. The molecule has 1 N–H and O–H groups in total. The van der Waals surface area contributed by atoms with E-state index in [9.17, 15) is 0 Å². The SMILES string of the molecule is CN(C)CCCCNC(c1ccc(Cl)cc1)C1CC1. The van der Waals surface area contributed by atoms with E-state index in [-0.39, 0.29) is 0 Å². The molecule has 0 saturated heterocycles. The predicted octanol–water partition coefficient (Wildman–Crippen LogP) is 3.72. The lowest BCUT2D eigenvalue weighted by Crippen LogP contribution is -2.25. The molecule has 0 heterocycles. The maximum Gasteiger partial charge on any atom is 0.0406 e. The summed E-state index contributed by atoms with van der Waals surface area (Å²) in [6, 6.07) is 8.85. The van der Waals surface area contributed by atoms with Crippen molar-refractivity contribution in [3.63, 3.8) is 0 Å². The average Bonchev–Trinajstić information content (AvgIpc) is 3.19. The second-order valence-electron chi connectivity index (χ2n) is 5.83. The van der Waals surface area contributed by atoms with Crippen LogP contribution in [0.5, 0.6) is 0 Å². The van der Waals surface area contributed by atoms with Gasteiger partial charge in [-0.3, -0.25) is 0 Å². The second-order valence-corrected chi connectivity index (χ2v) is 6.27. The van der Waals surface area contributed by atoms with Crippen LogP contribution in [0.15, 0.2) is 24.3 Å².